The fraction of sp³-hybridized carbons (Fsp3) is 0.462. The number of carbonyl (C=O) groups excluding carboxylic acids is 1. The van der Waals surface area contributed by atoms with Crippen LogP contribution in [0.2, 0.25) is 0 Å². The Hall–Kier alpha value is -1.66. The molecule has 7 heteroatoms. The third kappa shape index (κ3) is 3.08. The van der Waals surface area contributed by atoms with Crippen molar-refractivity contribution in [2.75, 3.05) is 19.6 Å². The zero-order chi connectivity index (χ0) is 14.0. The van der Waals surface area contributed by atoms with Crippen molar-refractivity contribution in [2.24, 2.45) is 0 Å². The third-order valence-corrected chi connectivity index (χ3v) is 3.49. The van der Waals surface area contributed by atoms with Gasteiger partial charge in [0.15, 0.2) is 0 Å². The highest BCUT2D eigenvalue weighted by molar-refractivity contribution is 5.96. The number of nitro groups is 1. The normalized spacial score (nSPS) is 18.3. The highest BCUT2D eigenvalue weighted by Crippen LogP contribution is 2.23. The van der Waals surface area contributed by atoms with Gasteiger partial charge in [0, 0.05) is 42.9 Å². The molecule has 1 aromatic rings. The second-order valence-corrected chi connectivity index (χ2v) is 4.76. The number of piperazine rings is 1. The summed E-state index contributed by atoms with van der Waals surface area (Å²) in [6.07, 6.45) is 0. The molecule has 20 heavy (non-hydrogen) atoms. The second-order valence-electron chi connectivity index (χ2n) is 4.76. The summed E-state index contributed by atoms with van der Waals surface area (Å²) in [4.78, 5) is 24.7. The monoisotopic (exact) mass is 299 g/mol. The Balaban J connectivity index is 0.00000200. The molecule has 0 saturated carbocycles. The summed E-state index contributed by atoms with van der Waals surface area (Å²) in [7, 11) is 0. The van der Waals surface area contributed by atoms with Crippen LogP contribution in [0.15, 0.2) is 18.2 Å². The van der Waals surface area contributed by atoms with E-state index in [-0.39, 0.29) is 30.0 Å². The van der Waals surface area contributed by atoms with E-state index >= 15 is 0 Å². The molecule has 0 aromatic heterocycles. The Morgan fingerprint density at radius 3 is 2.80 bits per heavy atom. The van der Waals surface area contributed by atoms with Crippen LogP contribution in [0.1, 0.15) is 22.8 Å². The first-order valence-corrected chi connectivity index (χ1v) is 6.28. The molecule has 0 spiro atoms. The number of nitrogens with zero attached hydrogens (tertiary/aromatic N) is 2. The van der Waals surface area contributed by atoms with E-state index in [4.69, 9.17) is 0 Å². The van der Waals surface area contributed by atoms with Gasteiger partial charge in [0.25, 0.3) is 11.6 Å². The van der Waals surface area contributed by atoms with Crippen LogP contribution in [0.25, 0.3) is 0 Å². The van der Waals surface area contributed by atoms with Crippen molar-refractivity contribution in [1.82, 2.24) is 10.2 Å². The fourth-order valence-electron chi connectivity index (χ4n) is 2.35. The lowest BCUT2D eigenvalue weighted by molar-refractivity contribution is -0.385. The Morgan fingerprint density at radius 1 is 1.50 bits per heavy atom. The van der Waals surface area contributed by atoms with Gasteiger partial charge in [0.05, 0.1) is 4.92 Å². The van der Waals surface area contributed by atoms with E-state index in [1.165, 1.54) is 6.07 Å². The Labute approximate surface area is 123 Å². The molecule has 6 nitrogen and oxygen atoms in total. The van der Waals surface area contributed by atoms with E-state index in [2.05, 4.69) is 5.32 Å². The van der Waals surface area contributed by atoms with Crippen LogP contribution in [0.4, 0.5) is 5.69 Å². The van der Waals surface area contributed by atoms with Crippen LogP contribution < -0.4 is 5.32 Å². The average Bonchev–Trinajstić information content (AvgIpc) is 2.38. The summed E-state index contributed by atoms with van der Waals surface area (Å²) in [6, 6.07) is 4.73. The van der Waals surface area contributed by atoms with Gasteiger partial charge in [-0.3, -0.25) is 14.9 Å². The topological polar surface area (TPSA) is 75.5 Å². The minimum atomic E-state index is -0.451. The minimum Gasteiger partial charge on any atom is -0.333 e. The summed E-state index contributed by atoms with van der Waals surface area (Å²) in [5.41, 5.74) is 0.847. The molecule has 1 atom stereocenters. The lowest BCUT2D eigenvalue weighted by atomic mass is 10.0. The zero-order valence-corrected chi connectivity index (χ0v) is 12.3. The standard InChI is InChI=1S/C13H17N3O3.ClH/c1-9-8-14-6-7-15(9)13(17)11-4-3-5-12(10(11)2)16(18)19;/h3-5,9,14H,6-8H2,1-2H3;1H/t9-;/m1./s1. The molecule has 1 aromatic carbocycles. The number of benzene rings is 1. The van der Waals surface area contributed by atoms with Crippen molar-refractivity contribution in [3.63, 3.8) is 0 Å². The average molecular weight is 300 g/mol. The van der Waals surface area contributed by atoms with Crippen molar-refractivity contribution in [2.45, 2.75) is 19.9 Å². The number of hydrogen-bond donors (Lipinski definition) is 1. The predicted molar refractivity (Wildman–Crippen MR) is 78.4 cm³/mol. The second kappa shape index (κ2) is 6.67. The van der Waals surface area contributed by atoms with E-state index in [9.17, 15) is 14.9 Å². The van der Waals surface area contributed by atoms with E-state index < -0.39 is 4.92 Å². The SMILES string of the molecule is Cc1c(C(=O)N2CCNC[C@H]2C)cccc1[N+](=O)[O-].Cl. The first-order chi connectivity index (χ1) is 9.02. The highest BCUT2D eigenvalue weighted by atomic mass is 35.5. The summed E-state index contributed by atoms with van der Waals surface area (Å²) in [6.45, 7) is 5.72. The maximum Gasteiger partial charge on any atom is 0.273 e. The van der Waals surface area contributed by atoms with Crippen molar-refractivity contribution < 1.29 is 9.72 Å². The molecule has 1 heterocycles. The molecule has 2 rings (SSSR count). The van der Waals surface area contributed by atoms with Gasteiger partial charge < -0.3 is 10.2 Å². The third-order valence-electron chi connectivity index (χ3n) is 3.49. The van der Waals surface area contributed by atoms with E-state index in [0.29, 0.717) is 17.7 Å². The maximum absolute atomic E-state index is 12.5. The van der Waals surface area contributed by atoms with E-state index in [1.54, 1.807) is 24.0 Å². The van der Waals surface area contributed by atoms with Gasteiger partial charge in [-0.15, -0.1) is 12.4 Å². The maximum atomic E-state index is 12.5. The molecule has 110 valence electrons. The van der Waals surface area contributed by atoms with Gasteiger partial charge in [-0.1, -0.05) is 6.07 Å². The fourth-order valence-corrected chi connectivity index (χ4v) is 2.35. The van der Waals surface area contributed by atoms with Crippen molar-refractivity contribution in [3.05, 3.63) is 39.4 Å². The van der Waals surface area contributed by atoms with Gasteiger partial charge in [0.2, 0.25) is 0 Å². The molecular weight excluding hydrogens is 282 g/mol. The molecule has 0 unspecified atom stereocenters. The van der Waals surface area contributed by atoms with Crippen LogP contribution in [0, 0.1) is 17.0 Å². The predicted octanol–water partition coefficient (Wildman–Crippen LogP) is 1.76. The molecule has 1 saturated heterocycles. The van der Waals surface area contributed by atoms with Crippen molar-refractivity contribution >= 4 is 24.0 Å². The molecule has 1 aliphatic heterocycles. The number of halogens is 1. The van der Waals surface area contributed by atoms with Gasteiger partial charge in [-0.05, 0) is 19.9 Å². The van der Waals surface area contributed by atoms with Gasteiger partial charge in [0.1, 0.15) is 0 Å². The lowest BCUT2D eigenvalue weighted by Gasteiger charge is -2.34. The number of nitro benzene ring substituents is 1. The summed E-state index contributed by atoms with van der Waals surface area (Å²) >= 11 is 0. The Bertz CT molecular complexity index is 522. The lowest BCUT2D eigenvalue weighted by Crippen LogP contribution is -2.52. The highest BCUT2D eigenvalue weighted by Gasteiger charge is 2.27. The van der Waals surface area contributed by atoms with E-state index in [1.807, 2.05) is 6.92 Å². The number of amides is 1. The van der Waals surface area contributed by atoms with Gasteiger partial charge >= 0.3 is 0 Å². The zero-order valence-electron chi connectivity index (χ0n) is 11.5. The number of nitrogens with one attached hydrogen (secondary N) is 1. The molecule has 1 fully saturated rings. The molecule has 1 amide bonds. The quantitative estimate of drug-likeness (QED) is 0.667. The summed E-state index contributed by atoms with van der Waals surface area (Å²) in [5, 5.41) is 14.1. The van der Waals surface area contributed by atoms with Crippen molar-refractivity contribution in [1.29, 1.82) is 0 Å². The van der Waals surface area contributed by atoms with Crippen LogP contribution in [0.3, 0.4) is 0 Å². The molecule has 1 aliphatic rings. The first kappa shape index (κ1) is 16.4. The van der Waals surface area contributed by atoms with Crippen LogP contribution in [-0.4, -0.2) is 41.4 Å². The number of hydrogen-bond acceptors (Lipinski definition) is 4. The summed E-state index contributed by atoms with van der Waals surface area (Å²) in [5.74, 6) is -0.129. The Kier molecular flexibility index (Phi) is 5.47. The van der Waals surface area contributed by atoms with Crippen molar-refractivity contribution in [3.8, 4) is 0 Å². The minimum absolute atomic E-state index is 0. The van der Waals surface area contributed by atoms with Crippen LogP contribution in [0.5, 0.6) is 0 Å². The molecule has 0 aliphatic carbocycles. The number of rotatable bonds is 2. The van der Waals surface area contributed by atoms with Gasteiger partial charge in [-0.2, -0.15) is 0 Å². The molecule has 0 radical (unpaired) electrons. The molecular formula is C13H18ClN3O3. The first-order valence-electron chi connectivity index (χ1n) is 6.28. The smallest absolute Gasteiger partial charge is 0.273 e. The van der Waals surface area contributed by atoms with E-state index in [0.717, 1.165) is 13.1 Å². The Morgan fingerprint density at radius 2 is 2.20 bits per heavy atom. The van der Waals surface area contributed by atoms with Crippen LogP contribution in [-0.2, 0) is 0 Å². The summed E-state index contributed by atoms with van der Waals surface area (Å²) < 4.78 is 0. The van der Waals surface area contributed by atoms with Gasteiger partial charge in [-0.25, -0.2) is 0 Å². The number of carbonyl (C=O) groups is 1. The van der Waals surface area contributed by atoms with Crippen LogP contribution >= 0.6 is 12.4 Å². The molecule has 1 N–H and O–H groups in total. The molecule has 0 bridgehead atoms. The largest absolute Gasteiger partial charge is 0.333 e.